The molecule has 0 saturated carbocycles. The van der Waals surface area contributed by atoms with Gasteiger partial charge >= 0.3 is 0 Å². The number of likely N-dealkylation sites (N-methyl/N-ethyl adjacent to an activating group) is 1. The topological polar surface area (TPSA) is 276 Å². The highest BCUT2D eigenvalue weighted by atomic mass is 32.2. The van der Waals surface area contributed by atoms with Crippen LogP contribution >= 0.6 is 12.0 Å². The van der Waals surface area contributed by atoms with Crippen LogP contribution in [0.2, 0.25) is 0 Å². The molecule has 0 bridgehead atoms. The second-order valence-electron chi connectivity index (χ2n) is 22.0. The molecule has 84 heavy (non-hydrogen) atoms. The van der Waals surface area contributed by atoms with Gasteiger partial charge in [0.15, 0.2) is 23.0 Å². The Balaban J connectivity index is 0.844. The third-order valence-corrected chi connectivity index (χ3v) is 16.7. The number of ether oxygens (including phenoxy) is 3. The van der Waals surface area contributed by atoms with E-state index in [-0.39, 0.29) is 80.5 Å². The van der Waals surface area contributed by atoms with E-state index in [0.29, 0.717) is 73.2 Å². The Morgan fingerprint density at radius 2 is 1.63 bits per heavy atom. The van der Waals surface area contributed by atoms with Crippen LogP contribution in [0.3, 0.4) is 0 Å². The van der Waals surface area contributed by atoms with Crippen molar-refractivity contribution < 1.29 is 67.1 Å². The Labute approximate surface area is 492 Å². The Bertz CT molecular complexity index is 3210. The minimum Gasteiger partial charge on any atom is -0.691 e. The molecule has 24 heteroatoms. The maximum atomic E-state index is 14.7. The molecule has 4 N–H and O–H groups in total. The van der Waals surface area contributed by atoms with E-state index in [9.17, 15) is 44.1 Å². The molecule has 3 aromatic carbocycles. The summed E-state index contributed by atoms with van der Waals surface area (Å²) in [5, 5.41) is 38.2. The van der Waals surface area contributed by atoms with Crippen molar-refractivity contribution >= 4 is 70.1 Å². The van der Waals surface area contributed by atoms with Crippen LogP contribution in [0.5, 0.6) is 11.5 Å². The van der Waals surface area contributed by atoms with E-state index >= 15 is 0 Å². The largest absolute Gasteiger partial charge is 0.691 e. The number of ketones is 1. The first-order valence-corrected chi connectivity index (χ1v) is 28.9. The summed E-state index contributed by atoms with van der Waals surface area (Å²) >= 11 is 0.562. The maximum absolute atomic E-state index is 14.7. The minimum atomic E-state index is -1.16. The molecule has 1 saturated heterocycles. The van der Waals surface area contributed by atoms with Crippen LogP contribution in [0.15, 0.2) is 108 Å². The van der Waals surface area contributed by atoms with Crippen molar-refractivity contribution in [3.05, 3.63) is 134 Å². The molecule has 448 valence electrons. The Morgan fingerprint density at radius 3 is 2.33 bits per heavy atom. The van der Waals surface area contributed by atoms with Crippen LogP contribution < -0.4 is 40.9 Å². The van der Waals surface area contributed by atoms with Gasteiger partial charge in [-0.05, 0) is 70.2 Å². The molecule has 0 spiro atoms. The number of carbonyl (C=O) groups is 6. The standard InChI is InChI=1S/C60H73N9O14S/c1-37(61-25-29-80-31-28-68-53(71)22-23-54(68)72)38-32-48(79-8)49(35-47(38)69(76)77)81-30-26-62-52(70)21-13-14-24-63-57(74)43(36-84-83-82-78)64-58(75)46-20-15-27-67(46)55-39(33-50-59(2,3)41-16-9-11-18-44(41)65(50)6)56(73)40(55)34-51-60(4,5)42-17-10-12-19-45(42)66(51)7/h9-12,16-19,22-23,32-35,37,43,46,61H,13-15,20-21,24-31,36H2,1-8H3,(H3-,62,63,64,70,74,75,78)/t37?,43?,46-/m1/s1. The predicted molar refractivity (Wildman–Crippen MR) is 311 cm³/mol. The fraction of sp³-hybridized carbons (Fsp3) is 0.450. The Hall–Kier alpha value is -7.74. The third kappa shape index (κ3) is 13.4. The summed E-state index contributed by atoms with van der Waals surface area (Å²) < 4.78 is 23.5. The minimum absolute atomic E-state index is 0.0298. The monoisotopic (exact) mass is 1180 g/mol. The predicted octanol–water partition coefficient (Wildman–Crippen LogP) is 4.58. The fourth-order valence-electron chi connectivity index (χ4n) is 11.6. The Kier molecular flexibility index (Phi) is 20.3. The van der Waals surface area contributed by atoms with E-state index in [0.717, 1.165) is 38.8 Å². The molecule has 0 aromatic heterocycles. The lowest BCUT2D eigenvalue weighted by Gasteiger charge is -2.37. The number of nitro benzene ring substituents is 1. The van der Waals surface area contributed by atoms with Crippen molar-refractivity contribution in [2.75, 3.05) is 84.4 Å². The first-order valence-electron chi connectivity index (χ1n) is 28.0. The Morgan fingerprint density at radius 1 is 0.905 bits per heavy atom. The number of hydrogen-bond donors (Lipinski definition) is 4. The van der Waals surface area contributed by atoms with Crippen LogP contribution in [0.1, 0.15) is 89.5 Å². The zero-order valence-corrected chi connectivity index (χ0v) is 49.4. The SMILES string of the molecule is COc1cc(C(C)NCCOCCN2C(=O)C=CC2=O)c([N+](=O)[O-])cc1OCCNC(=O)CCCCNC(=O)C(CSOO[O-])NC(=O)[C@H]1CCCN1C1=C(C=C2N(C)c3ccccc3C2(C)C)C(=O)C1=CC1=[N+](C)c2ccccc2C1(C)C. The van der Waals surface area contributed by atoms with E-state index in [1.807, 2.05) is 55.4 Å². The molecule has 1 aliphatic carbocycles. The number of Topliss-reactive ketones (excluding diaryl/α,β-unsaturated/α-hetero) is 1. The van der Waals surface area contributed by atoms with Crippen molar-refractivity contribution in [3.8, 4) is 11.5 Å². The molecular formula is C60H73N9O14S. The molecule has 2 unspecified atom stereocenters. The number of benzene rings is 3. The van der Waals surface area contributed by atoms with Gasteiger partial charge in [-0.25, -0.2) is 0 Å². The zero-order chi connectivity index (χ0) is 60.5. The summed E-state index contributed by atoms with van der Waals surface area (Å²) in [5.74, 6) is -2.02. The van der Waals surface area contributed by atoms with Crippen molar-refractivity contribution in [1.29, 1.82) is 0 Å². The molecule has 23 nitrogen and oxygen atoms in total. The number of likely N-dealkylation sites (tertiary alicyclic amines) is 1. The van der Waals surface area contributed by atoms with Crippen molar-refractivity contribution in [2.24, 2.45) is 0 Å². The smallest absolute Gasteiger partial charge is 0.278 e. The maximum Gasteiger partial charge on any atom is 0.278 e. The first kappa shape index (κ1) is 62.3. The van der Waals surface area contributed by atoms with Gasteiger partial charge in [-0.1, -0.05) is 50.2 Å². The van der Waals surface area contributed by atoms with Gasteiger partial charge in [-0.15, -0.1) is 0 Å². The molecular weight excluding hydrogens is 1100 g/mol. The number of hydrogen-bond acceptors (Lipinski definition) is 18. The number of methoxy groups -OCH3 is 1. The summed E-state index contributed by atoms with van der Waals surface area (Å²) in [7, 11) is 5.39. The number of para-hydroxylation sites is 2. The van der Waals surface area contributed by atoms with E-state index in [2.05, 4.69) is 92.1 Å². The average molecular weight is 1180 g/mol. The normalized spacial score (nSPS) is 19.3. The molecule has 3 aromatic rings. The van der Waals surface area contributed by atoms with Crippen molar-refractivity contribution in [1.82, 2.24) is 31.1 Å². The summed E-state index contributed by atoms with van der Waals surface area (Å²) in [6.07, 6.45) is 8.31. The summed E-state index contributed by atoms with van der Waals surface area (Å²) in [4.78, 5) is 96.1. The number of nitrogens with zero attached hydrogens (tertiary/aromatic N) is 5. The molecule has 8 rings (SSSR count). The van der Waals surface area contributed by atoms with Crippen LogP contribution in [0.25, 0.3) is 0 Å². The highest BCUT2D eigenvalue weighted by molar-refractivity contribution is 7.94. The lowest BCUT2D eigenvalue weighted by Crippen LogP contribution is -2.54. The number of rotatable bonds is 29. The average Bonchev–Trinajstić information content (AvgIpc) is 1.55. The highest BCUT2D eigenvalue weighted by Gasteiger charge is 2.49. The van der Waals surface area contributed by atoms with Gasteiger partial charge in [0.25, 0.3) is 17.5 Å². The molecule has 0 radical (unpaired) electrons. The summed E-state index contributed by atoms with van der Waals surface area (Å²) in [6.45, 7) is 11.7. The van der Waals surface area contributed by atoms with E-state index < -0.39 is 57.5 Å². The van der Waals surface area contributed by atoms with Crippen molar-refractivity contribution in [3.63, 3.8) is 0 Å². The van der Waals surface area contributed by atoms with Gasteiger partial charge in [0.2, 0.25) is 23.4 Å². The number of fused-ring (bicyclic) bond motifs is 2. The molecule has 5 aliphatic rings. The second-order valence-corrected chi connectivity index (χ2v) is 22.7. The quantitative estimate of drug-likeness (QED) is 0.0108. The third-order valence-electron chi connectivity index (χ3n) is 16.1. The molecule has 1 fully saturated rings. The van der Waals surface area contributed by atoms with E-state index in [1.54, 1.807) is 6.92 Å². The van der Waals surface area contributed by atoms with Gasteiger partial charge in [0.1, 0.15) is 25.7 Å². The molecule has 4 aliphatic heterocycles. The molecule has 4 heterocycles. The number of nitro groups is 1. The van der Waals surface area contributed by atoms with Crippen LogP contribution in [0, 0.1) is 10.1 Å². The van der Waals surface area contributed by atoms with Crippen LogP contribution in [-0.4, -0.2) is 152 Å². The van der Waals surface area contributed by atoms with E-state index in [1.165, 1.54) is 31.4 Å². The van der Waals surface area contributed by atoms with Crippen molar-refractivity contribution in [2.45, 2.75) is 95.7 Å². The number of carbonyl (C=O) groups excluding carboxylic acids is 6. The summed E-state index contributed by atoms with van der Waals surface area (Å²) in [5.41, 5.74) is 7.13. The van der Waals surface area contributed by atoms with Crippen LogP contribution in [0.4, 0.5) is 17.1 Å². The number of nitrogens with one attached hydrogen (secondary N) is 4. The number of allylic oxidation sites excluding steroid dienone is 5. The fourth-order valence-corrected chi connectivity index (χ4v) is 12.0. The number of imide groups is 1. The van der Waals surface area contributed by atoms with Gasteiger partial charge in [0.05, 0.1) is 72.4 Å². The second kappa shape index (κ2) is 27.3. The zero-order valence-electron chi connectivity index (χ0n) is 48.6. The van der Waals surface area contributed by atoms with Gasteiger partial charge in [-0.3, -0.25) is 48.8 Å². The van der Waals surface area contributed by atoms with E-state index in [4.69, 9.17) is 14.2 Å². The van der Waals surface area contributed by atoms with Gasteiger partial charge < -0.3 is 50.5 Å². The highest BCUT2D eigenvalue weighted by Crippen LogP contribution is 2.50. The van der Waals surface area contributed by atoms with Gasteiger partial charge in [-0.2, -0.15) is 8.91 Å². The van der Waals surface area contributed by atoms with Crippen LogP contribution in [-0.2, 0) is 53.7 Å². The number of unbranched alkanes of at least 4 members (excludes halogenated alkanes) is 1. The number of amides is 5. The molecule has 5 amide bonds. The van der Waals surface area contributed by atoms with Gasteiger partial charge in [0, 0.05) is 103 Å². The summed E-state index contributed by atoms with van der Waals surface area (Å²) in [6, 6.07) is 16.7. The lowest BCUT2D eigenvalue weighted by atomic mass is 9.76. The lowest BCUT2D eigenvalue weighted by molar-refractivity contribution is -0.777. The first-order chi connectivity index (χ1) is 40.2. The molecule has 3 atom stereocenters. The number of anilines is 1.